The van der Waals surface area contributed by atoms with Crippen molar-refractivity contribution < 1.29 is 13.2 Å². The van der Waals surface area contributed by atoms with E-state index >= 15 is 0 Å². The Morgan fingerprint density at radius 2 is 1.81 bits per heavy atom. The van der Waals surface area contributed by atoms with Gasteiger partial charge >= 0.3 is 0 Å². The standard InChI is InChI=1S/C19H22N2O3S2/c22-19(14-17-5-2-12-25-17)20-8-10-21(11-9-20)26(23,24)18-7-6-15-3-1-4-16(15)13-18/h2,5-7,12-13H,1,3-4,8-11,14H2. The molecule has 0 radical (unpaired) electrons. The maximum absolute atomic E-state index is 12.9. The topological polar surface area (TPSA) is 57.7 Å². The van der Waals surface area contributed by atoms with Crippen LogP contribution in [0.15, 0.2) is 40.6 Å². The van der Waals surface area contributed by atoms with Gasteiger partial charge in [-0.3, -0.25) is 4.79 Å². The van der Waals surface area contributed by atoms with Gasteiger partial charge in [0.1, 0.15) is 0 Å². The molecule has 1 aromatic carbocycles. The first-order chi connectivity index (χ1) is 12.5. The molecule has 0 atom stereocenters. The fraction of sp³-hybridized carbons (Fsp3) is 0.421. The molecule has 26 heavy (non-hydrogen) atoms. The first kappa shape index (κ1) is 17.7. The van der Waals surface area contributed by atoms with Crippen molar-refractivity contribution in [2.75, 3.05) is 26.2 Å². The van der Waals surface area contributed by atoms with Gasteiger partial charge in [0.25, 0.3) is 0 Å². The fourth-order valence-corrected chi connectivity index (χ4v) is 5.88. The molecule has 0 spiro atoms. The van der Waals surface area contributed by atoms with Crippen LogP contribution in [-0.2, 0) is 34.1 Å². The molecule has 2 aliphatic rings. The highest BCUT2D eigenvalue weighted by Gasteiger charge is 2.30. The van der Waals surface area contributed by atoms with Crippen LogP contribution in [0.25, 0.3) is 0 Å². The lowest BCUT2D eigenvalue weighted by atomic mass is 10.1. The van der Waals surface area contributed by atoms with Gasteiger partial charge in [-0.25, -0.2) is 8.42 Å². The van der Waals surface area contributed by atoms with Crippen LogP contribution in [0.1, 0.15) is 22.4 Å². The predicted octanol–water partition coefficient (Wildman–Crippen LogP) is 2.31. The molecule has 1 amide bonds. The van der Waals surface area contributed by atoms with E-state index in [4.69, 9.17) is 0 Å². The minimum absolute atomic E-state index is 0.0713. The number of thiophene rings is 1. The molecule has 4 rings (SSSR count). The third-order valence-corrected chi connectivity index (χ3v) is 7.98. The van der Waals surface area contributed by atoms with Gasteiger partial charge in [0.05, 0.1) is 11.3 Å². The Balaban J connectivity index is 1.41. The lowest BCUT2D eigenvalue weighted by Gasteiger charge is -2.34. The van der Waals surface area contributed by atoms with Gasteiger partial charge in [0.2, 0.25) is 15.9 Å². The highest BCUT2D eigenvalue weighted by molar-refractivity contribution is 7.89. The summed E-state index contributed by atoms with van der Waals surface area (Å²) in [6, 6.07) is 9.42. The van der Waals surface area contributed by atoms with Crippen LogP contribution in [-0.4, -0.2) is 49.7 Å². The minimum atomic E-state index is -3.49. The van der Waals surface area contributed by atoms with E-state index in [0.29, 0.717) is 37.5 Å². The zero-order chi connectivity index (χ0) is 18.1. The Morgan fingerprint density at radius 1 is 1.04 bits per heavy atom. The summed E-state index contributed by atoms with van der Waals surface area (Å²) in [5.74, 6) is 0.0713. The molecule has 0 N–H and O–H groups in total. The molecule has 138 valence electrons. The van der Waals surface area contributed by atoms with E-state index in [1.54, 1.807) is 22.3 Å². The van der Waals surface area contributed by atoms with E-state index in [1.165, 1.54) is 9.87 Å². The van der Waals surface area contributed by atoms with Crippen LogP contribution in [0.3, 0.4) is 0 Å². The summed E-state index contributed by atoms with van der Waals surface area (Å²) in [5.41, 5.74) is 2.43. The molecule has 1 aliphatic heterocycles. The third kappa shape index (κ3) is 3.43. The minimum Gasteiger partial charge on any atom is -0.340 e. The monoisotopic (exact) mass is 390 g/mol. The third-order valence-electron chi connectivity index (χ3n) is 5.20. The Kier molecular flexibility index (Phi) is 4.86. The van der Waals surface area contributed by atoms with Crippen LogP contribution in [0.5, 0.6) is 0 Å². The highest BCUT2D eigenvalue weighted by atomic mass is 32.2. The number of fused-ring (bicyclic) bond motifs is 1. The molecule has 1 fully saturated rings. The second-order valence-corrected chi connectivity index (χ2v) is 9.80. The number of rotatable bonds is 4. The summed E-state index contributed by atoms with van der Waals surface area (Å²) in [4.78, 5) is 15.6. The number of hydrogen-bond acceptors (Lipinski definition) is 4. The van der Waals surface area contributed by atoms with Crippen LogP contribution >= 0.6 is 11.3 Å². The summed E-state index contributed by atoms with van der Waals surface area (Å²) >= 11 is 1.57. The van der Waals surface area contributed by atoms with E-state index in [9.17, 15) is 13.2 Å². The van der Waals surface area contributed by atoms with E-state index in [2.05, 4.69) is 0 Å². The molecule has 1 aromatic heterocycles. The molecule has 1 aliphatic carbocycles. The Bertz CT molecular complexity index is 899. The summed E-state index contributed by atoms with van der Waals surface area (Å²) in [5, 5.41) is 1.96. The van der Waals surface area contributed by atoms with Crippen molar-refractivity contribution in [1.29, 1.82) is 0 Å². The molecular weight excluding hydrogens is 368 g/mol. The van der Waals surface area contributed by atoms with E-state index in [0.717, 1.165) is 29.7 Å². The van der Waals surface area contributed by atoms with Crippen molar-refractivity contribution in [1.82, 2.24) is 9.21 Å². The number of carbonyl (C=O) groups is 1. The SMILES string of the molecule is O=C(Cc1cccs1)N1CCN(S(=O)(=O)c2ccc3c(c2)CCC3)CC1. The van der Waals surface area contributed by atoms with Crippen molar-refractivity contribution in [2.24, 2.45) is 0 Å². The van der Waals surface area contributed by atoms with Crippen LogP contribution < -0.4 is 0 Å². The lowest BCUT2D eigenvalue weighted by molar-refractivity contribution is -0.131. The van der Waals surface area contributed by atoms with Crippen LogP contribution in [0.2, 0.25) is 0 Å². The molecule has 2 heterocycles. The summed E-state index contributed by atoms with van der Waals surface area (Å²) < 4.78 is 27.4. The average molecular weight is 391 g/mol. The number of hydrogen-bond donors (Lipinski definition) is 0. The molecule has 0 unspecified atom stereocenters. The molecule has 2 aromatic rings. The van der Waals surface area contributed by atoms with Gasteiger partial charge in [0, 0.05) is 31.1 Å². The molecule has 0 saturated carbocycles. The van der Waals surface area contributed by atoms with E-state index in [1.807, 2.05) is 29.6 Å². The second kappa shape index (κ2) is 7.13. The number of aryl methyl sites for hydroxylation is 2. The Morgan fingerprint density at radius 3 is 2.54 bits per heavy atom. The average Bonchev–Trinajstić information content (AvgIpc) is 3.32. The summed E-state index contributed by atoms with van der Waals surface area (Å²) in [6.45, 7) is 1.62. The largest absolute Gasteiger partial charge is 0.340 e. The smallest absolute Gasteiger partial charge is 0.243 e. The maximum atomic E-state index is 12.9. The predicted molar refractivity (Wildman–Crippen MR) is 102 cm³/mol. The van der Waals surface area contributed by atoms with Crippen molar-refractivity contribution in [3.8, 4) is 0 Å². The van der Waals surface area contributed by atoms with E-state index < -0.39 is 10.0 Å². The molecular formula is C19H22N2O3S2. The molecule has 5 nitrogen and oxygen atoms in total. The Hall–Kier alpha value is -1.70. The van der Waals surface area contributed by atoms with Gasteiger partial charge in [-0.2, -0.15) is 4.31 Å². The number of sulfonamides is 1. The summed E-state index contributed by atoms with van der Waals surface area (Å²) in [7, 11) is -3.49. The Labute approximate surface area is 158 Å². The summed E-state index contributed by atoms with van der Waals surface area (Å²) in [6.07, 6.45) is 3.50. The normalized spacial score (nSPS) is 18.1. The first-order valence-corrected chi connectivity index (χ1v) is 11.3. The fourth-order valence-electron chi connectivity index (χ4n) is 3.71. The zero-order valence-corrected chi connectivity index (χ0v) is 16.2. The number of piperazine rings is 1. The maximum Gasteiger partial charge on any atom is 0.243 e. The lowest BCUT2D eigenvalue weighted by Crippen LogP contribution is -2.50. The quantitative estimate of drug-likeness (QED) is 0.805. The number of benzene rings is 1. The number of amides is 1. The van der Waals surface area contributed by atoms with Gasteiger partial charge in [-0.05, 0) is 54.0 Å². The number of nitrogens with zero attached hydrogens (tertiary/aromatic N) is 2. The first-order valence-electron chi connectivity index (χ1n) is 8.96. The van der Waals surface area contributed by atoms with Gasteiger partial charge < -0.3 is 4.90 Å². The highest BCUT2D eigenvalue weighted by Crippen LogP contribution is 2.26. The second-order valence-electron chi connectivity index (χ2n) is 6.83. The molecule has 1 saturated heterocycles. The zero-order valence-electron chi connectivity index (χ0n) is 14.6. The van der Waals surface area contributed by atoms with Crippen molar-refractivity contribution >= 4 is 27.3 Å². The van der Waals surface area contributed by atoms with Crippen LogP contribution in [0.4, 0.5) is 0 Å². The number of carbonyl (C=O) groups excluding carboxylic acids is 1. The van der Waals surface area contributed by atoms with Gasteiger partial charge in [-0.1, -0.05) is 12.1 Å². The van der Waals surface area contributed by atoms with Crippen molar-refractivity contribution in [2.45, 2.75) is 30.6 Å². The molecule has 7 heteroatoms. The van der Waals surface area contributed by atoms with Gasteiger partial charge in [0.15, 0.2) is 0 Å². The van der Waals surface area contributed by atoms with Crippen molar-refractivity contribution in [3.05, 3.63) is 51.7 Å². The van der Waals surface area contributed by atoms with Crippen molar-refractivity contribution in [3.63, 3.8) is 0 Å². The van der Waals surface area contributed by atoms with E-state index in [-0.39, 0.29) is 5.91 Å². The van der Waals surface area contributed by atoms with Gasteiger partial charge in [-0.15, -0.1) is 11.3 Å². The van der Waals surface area contributed by atoms with Crippen LogP contribution in [0, 0.1) is 0 Å². The molecule has 0 bridgehead atoms.